The molecule has 1 saturated carbocycles. The van der Waals surface area contributed by atoms with Crippen LogP contribution in [0.3, 0.4) is 0 Å². The van der Waals surface area contributed by atoms with Gasteiger partial charge in [0.05, 0.1) is 22.6 Å². The van der Waals surface area contributed by atoms with Crippen molar-refractivity contribution in [3.63, 3.8) is 0 Å². The number of hydrogen-bond donors (Lipinski definition) is 2. The van der Waals surface area contributed by atoms with Crippen molar-refractivity contribution in [3.8, 4) is 0 Å². The first kappa shape index (κ1) is 18.8. The number of nitrogens with one attached hydrogen (secondary N) is 1. The van der Waals surface area contributed by atoms with E-state index in [2.05, 4.69) is 10.2 Å². The van der Waals surface area contributed by atoms with Crippen LogP contribution in [-0.2, 0) is 20.4 Å². The second kappa shape index (κ2) is 6.67. The Balaban J connectivity index is 1.37. The molecule has 1 aromatic carbocycles. The third-order valence-electron chi connectivity index (χ3n) is 6.71. The van der Waals surface area contributed by atoms with Crippen molar-refractivity contribution >= 4 is 32.5 Å². The average Bonchev–Trinajstić information content (AvgIpc) is 3.35. The zero-order valence-corrected chi connectivity index (χ0v) is 17.0. The first-order valence-corrected chi connectivity index (χ1v) is 11.7. The molecule has 152 valence electrons. The lowest BCUT2D eigenvalue weighted by atomic mass is 9.89. The Morgan fingerprint density at radius 2 is 1.89 bits per heavy atom. The molecule has 0 bridgehead atoms. The molecule has 1 aromatic heterocycles. The fourth-order valence-electron chi connectivity index (χ4n) is 5.31. The van der Waals surface area contributed by atoms with Gasteiger partial charge < -0.3 is 9.84 Å². The summed E-state index contributed by atoms with van der Waals surface area (Å²) in [7, 11) is -3.30. The monoisotopic (exact) mass is 425 g/mol. The van der Waals surface area contributed by atoms with Crippen molar-refractivity contribution in [3.05, 3.63) is 28.9 Å². The molecule has 2 aliphatic heterocycles. The average molecular weight is 426 g/mol. The summed E-state index contributed by atoms with van der Waals surface area (Å²) in [4.78, 5) is 0. The molecule has 0 radical (unpaired) electrons. The highest BCUT2D eigenvalue weighted by Crippen LogP contribution is 2.51. The van der Waals surface area contributed by atoms with Crippen LogP contribution in [-0.4, -0.2) is 59.6 Å². The van der Waals surface area contributed by atoms with Crippen LogP contribution < -0.4 is 0 Å². The quantitative estimate of drug-likeness (QED) is 0.786. The summed E-state index contributed by atoms with van der Waals surface area (Å²) in [6.45, 7) is 2.00. The van der Waals surface area contributed by atoms with E-state index in [-0.39, 0.29) is 17.1 Å². The summed E-state index contributed by atoms with van der Waals surface area (Å²) in [6, 6.07) is 3.63. The molecule has 3 fully saturated rings. The molecule has 0 unspecified atom stereocenters. The molecule has 2 saturated heterocycles. The number of hydrogen-bond acceptors (Lipinski definition) is 5. The predicted octanol–water partition coefficient (Wildman–Crippen LogP) is 2.25. The summed E-state index contributed by atoms with van der Waals surface area (Å²) in [6.07, 6.45) is 3.90. The van der Waals surface area contributed by atoms with Crippen molar-refractivity contribution in [1.82, 2.24) is 14.5 Å². The summed E-state index contributed by atoms with van der Waals surface area (Å²) in [5.74, 6) is 0.299. The minimum absolute atomic E-state index is 0.150. The lowest BCUT2D eigenvalue weighted by molar-refractivity contribution is 0.0351. The molecular formula is C19H24ClN3O4S. The van der Waals surface area contributed by atoms with Gasteiger partial charge in [0.1, 0.15) is 0 Å². The highest BCUT2D eigenvalue weighted by atomic mass is 35.5. The van der Waals surface area contributed by atoms with Crippen molar-refractivity contribution in [2.45, 2.75) is 36.5 Å². The Kier molecular flexibility index (Phi) is 4.48. The van der Waals surface area contributed by atoms with Gasteiger partial charge in [-0.1, -0.05) is 11.6 Å². The number of rotatable bonds is 3. The Morgan fingerprint density at radius 3 is 2.57 bits per heavy atom. The Bertz CT molecular complexity index is 988. The van der Waals surface area contributed by atoms with Crippen LogP contribution in [0.1, 0.15) is 31.2 Å². The van der Waals surface area contributed by atoms with Crippen LogP contribution >= 0.6 is 11.6 Å². The van der Waals surface area contributed by atoms with Crippen molar-refractivity contribution in [1.29, 1.82) is 0 Å². The lowest BCUT2D eigenvalue weighted by Gasteiger charge is -2.29. The largest absolute Gasteiger partial charge is 0.385 e. The van der Waals surface area contributed by atoms with Crippen molar-refractivity contribution < 1.29 is 18.3 Å². The van der Waals surface area contributed by atoms with Gasteiger partial charge in [0.15, 0.2) is 0 Å². The predicted molar refractivity (Wildman–Crippen MR) is 106 cm³/mol. The fraction of sp³-hybridized carbons (Fsp3) is 0.632. The molecule has 7 nitrogen and oxygen atoms in total. The van der Waals surface area contributed by atoms with Crippen LogP contribution in [0.5, 0.6) is 0 Å². The third-order valence-corrected chi connectivity index (χ3v) is 9.26. The molecule has 3 aliphatic rings. The van der Waals surface area contributed by atoms with Gasteiger partial charge in [-0.3, -0.25) is 5.10 Å². The molecular weight excluding hydrogens is 402 g/mol. The topological polar surface area (TPSA) is 95.5 Å². The molecule has 2 aromatic rings. The smallest absolute Gasteiger partial charge is 0.217 e. The zero-order valence-electron chi connectivity index (χ0n) is 15.5. The van der Waals surface area contributed by atoms with E-state index in [9.17, 15) is 13.5 Å². The highest BCUT2D eigenvalue weighted by molar-refractivity contribution is 7.89. The van der Waals surface area contributed by atoms with E-state index in [1.807, 2.05) is 6.07 Å². The molecule has 0 amide bonds. The second-order valence-corrected chi connectivity index (χ2v) is 11.1. The van der Waals surface area contributed by atoms with Gasteiger partial charge in [-0.15, -0.1) is 0 Å². The van der Waals surface area contributed by atoms with E-state index in [1.165, 1.54) is 0 Å². The van der Waals surface area contributed by atoms with Crippen LogP contribution in [0.15, 0.2) is 18.3 Å². The standard InChI is InChI=1S/C19H24ClN3O4S/c20-15-5-12-9-21-22-18(12)17(6-15)19(24)7-13-10-23(11-14(13)8-19)28(25,26)16-1-3-27-4-2-16/h5-6,9,13-14,16,24H,1-4,7-8,10-11H2,(H,21,22)/t13-,14+,19-. The number of sulfonamides is 1. The number of halogens is 1. The van der Waals surface area contributed by atoms with E-state index in [0.29, 0.717) is 57.0 Å². The van der Waals surface area contributed by atoms with Crippen LogP contribution in [0.2, 0.25) is 5.02 Å². The Labute approximate surface area is 169 Å². The van der Waals surface area contributed by atoms with Crippen LogP contribution in [0, 0.1) is 11.8 Å². The van der Waals surface area contributed by atoms with Gasteiger partial charge >= 0.3 is 0 Å². The van der Waals surface area contributed by atoms with Crippen LogP contribution in [0.4, 0.5) is 0 Å². The molecule has 9 heteroatoms. The summed E-state index contributed by atoms with van der Waals surface area (Å²) < 4.78 is 33.0. The van der Waals surface area contributed by atoms with Gasteiger partial charge in [-0.05, 0) is 49.7 Å². The first-order chi connectivity index (χ1) is 13.4. The molecule has 1 aliphatic carbocycles. The van der Waals surface area contributed by atoms with E-state index < -0.39 is 15.6 Å². The van der Waals surface area contributed by atoms with Gasteiger partial charge in [0, 0.05) is 42.3 Å². The van der Waals surface area contributed by atoms with E-state index in [0.717, 1.165) is 16.5 Å². The maximum Gasteiger partial charge on any atom is 0.217 e. The van der Waals surface area contributed by atoms with E-state index in [4.69, 9.17) is 16.3 Å². The number of aromatic amines is 1. The minimum Gasteiger partial charge on any atom is -0.385 e. The van der Waals surface area contributed by atoms with Gasteiger partial charge in [-0.2, -0.15) is 5.10 Å². The normalized spacial score (nSPS) is 32.2. The van der Waals surface area contributed by atoms with Gasteiger partial charge in [0.2, 0.25) is 10.0 Å². The Morgan fingerprint density at radius 1 is 1.21 bits per heavy atom. The molecule has 28 heavy (non-hydrogen) atoms. The van der Waals surface area contributed by atoms with Crippen molar-refractivity contribution in [2.24, 2.45) is 11.8 Å². The number of ether oxygens (including phenoxy) is 1. The summed E-state index contributed by atoms with van der Waals surface area (Å²) in [5, 5.41) is 19.6. The van der Waals surface area contributed by atoms with E-state index in [1.54, 1.807) is 16.6 Å². The third kappa shape index (κ3) is 2.97. The summed E-state index contributed by atoms with van der Waals surface area (Å²) in [5.41, 5.74) is 0.554. The SMILES string of the molecule is O=S(=O)(C1CCOCC1)N1C[C@@H]2C[C@@](O)(c3cc(Cl)cc4cn[nH]c34)C[C@@H]2C1. The van der Waals surface area contributed by atoms with Crippen LogP contribution in [0.25, 0.3) is 10.9 Å². The van der Waals surface area contributed by atoms with E-state index >= 15 is 0 Å². The Hall–Kier alpha value is -1.19. The highest BCUT2D eigenvalue weighted by Gasteiger charge is 2.52. The number of nitrogens with zero attached hydrogens (tertiary/aromatic N) is 2. The molecule has 3 atom stereocenters. The number of aliphatic hydroxyl groups is 1. The number of fused-ring (bicyclic) bond motifs is 2. The fourth-order valence-corrected chi connectivity index (χ4v) is 7.54. The van der Waals surface area contributed by atoms with Crippen molar-refractivity contribution in [2.75, 3.05) is 26.3 Å². The first-order valence-electron chi connectivity index (χ1n) is 9.79. The molecule has 5 rings (SSSR count). The number of aromatic nitrogens is 2. The zero-order chi connectivity index (χ0) is 19.5. The maximum atomic E-state index is 13.0. The minimum atomic E-state index is -3.30. The number of H-pyrrole nitrogens is 1. The number of benzene rings is 1. The maximum absolute atomic E-state index is 13.0. The van der Waals surface area contributed by atoms with Gasteiger partial charge in [0.25, 0.3) is 0 Å². The molecule has 0 spiro atoms. The van der Waals surface area contributed by atoms with Gasteiger partial charge in [-0.25, -0.2) is 12.7 Å². The lowest BCUT2D eigenvalue weighted by Crippen LogP contribution is -2.41. The summed E-state index contributed by atoms with van der Waals surface area (Å²) >= 11 is 6.26. The molecule has 2 N–H and O–H groups in total. The molecule has 3 heterocycles. The second-order valence-electron chi connectivity index (χ2n) is 8.42.